The first kappa shape index (κ1) is 14.7. The highest BCUT2D eigenvalue weighted by Gasteiger charge is 2.14. The third-order valence-corrected chi connectivity index (χ3v) is 4.24. The van der Waals surface area contributed by atoms with E-state index < -0.39 is 0 Å². The average Bonchev–Trinajstić information content (AvgIpc) is 3.02. The van der Waals surface area contributed by atoms with Crippen LogP contribution in [0.3, 0.4) is 0 Å². The SMILES string of the molecule is N#Cc1cnc(Nc2cc(OCC3CCNCC3)ncn2)s1. The molecule has 0 unspecified atom stereocenters. The average molecular weight is 316 g/mol. The topological polar surface area (TPSA) is 95.8 Å². The zero-order valence-electron chi connectivity index (χ0n) is 12.0. The molecule has 2 aromatic heterocycles. The molecule has 0 aromatic carbocycles. The van der Waals surface area contributed by atoms with Crippen molar-refractivity contribution >= 4 is 22.3 Å². The van der Waals surface area contributed by atoms with Crippen molar-refractivity contribution in [2.75, 3.05) is 25.0 Å². The lowest BCUT2D eigenvalue weighted by atomic mass is 9.99. The Morgan fingerprint density at radius 1 is 1.36 bits per heavy atom. The van der Waals surface area contributed by atoms with Gasteiger partial charge in [0.15, 0.2) is 5.13 Å². The smallest absolute Gasteiger partial charge is 0.218 e. The van der Waals surface area contributed by atoms with Gasteiger partial charge < -0.3 is 15.4 Å². The van der Waals surface area contributed by atoms with E-state index in [0.29, 0.717) is 34.2 Å². The number of aromatic nitrogens is 3. The molecular weight excluding hydrogens is 300 g/mol. The highest BCUT2D eigenvalue weighted by atomic mass is 32.1. The third-order valence-electron chi connectivity index (χ3n) is 3.42. The van der Waals surface area contributed by atoms with E-state index in [2.05, 4.69) is 31.7 Å². The van der Waals surface area contributed by atoms with Gasteiger partial charge in [-0.1, -0.05) is 11.3 Å². The highest BCUT2D eigenvalue weighted by molar-refractivity contribution is 7.16. The maximum absolute atomic E-state index is 8.80. The summed E-state index contributed by atoms with van der Waals surface area (Å²) in [6, 6.07) is 3.80. The van der Waals surface area contributed by atoms with Gasteiger partial charge in [-0.2, -0.15) is 5.26 Å². The Labute approximate surface area is 132 Å². The van der Waals surface area contributed by atoms with Gasteiger partial charge in [-0.15, -0.1) is 0 Å². The van der Waals surface area contributed by atoms with Gasteiger partial charge >= 0.3 is 0 Å². The molecule has 8 heteroatoms. The van der Waals surface area contributed by atoms with Crippen molar-refractivity contribution in [2.45, 2.75) is 12.8 Å². The Kier molecular flexibility index (Phi) is 4.78. The monoisotopic (exact) mass is 316 g/mol. The molecule has 1 aliphatic heterocycles. The fourth-order valence-electron chi connectivity index (χ4n) is 2.23. The van der Waals surface area contributed by atoms with Crippen LogP contribution in [0.5, 0.6) is 5.88 Å². The Hall–Kier alpha value is -2.24. The van der Waals surface area contributed by atoms with Gasteiger partial charge in [-0.25, -0.2) is 15.0 Å². The van der Waals surface area contributed by atoms with Crippen LogP contribution in [0.1, 0.15) is 17.7 Å². The summed E-state index contributed by atoms with van der Waals surface area (Å²) in [7, 11) is 0. The van der Waals surface area contributed by atoms with Crippen molar-refractivity contribution in [3.8, 4) is 11.9 Å². The number of anilines is 2. The standard InChI is InChI=1S/C14H16N6OS/c15-6-11-7-17-14(22-11)20-12-5-13(19-9-18-12)21-8-10-1-3-16-4-2-10/h5,7,9-10,16H,1-4,8H2,(H,17,18,19,20). The molecule has 2 aromatic rings. The lowest BCUT2D eigenvalue weighted by molar-refractivity contribution is 0.209. The summed E-state index contributed by atoms with van der Waals surface area (Å²) in [6.45, 7) is 2.78. The Morgan fingerprint density at radius 2 is 2.23 bits per heavy atom. The molecule has 1 saturated heterocycles. The molecule has 1 fully saturated rings. The zero-order valence-corrected chi connectivity index (χ0v) is 12.8. The fourth-order valence-corrected chi connectivity index (χ4v) is 2.85. The molecule has 0 saturated carbocycles. The second-order valence-electron chi connectivity index (χ2n) is 5.01. The van der Waals surface area contributed by atoms with Gasteiger partial charge in [0, 0.05) is 6.07 Å². The molecule has 0 radical (unpaired) electrons. The van der Waals surface area contributed by atoms with E-state index in [1.807, 2.05) is 0 Å². The van der Waals surface area contributed by atoms with E-state index in [0.717, 1.165) is 25.9 Å². The van der Waals surface area contributed by atoms with E-state index in [1.165, 1.54) is 23.9 Å². The minimum atomic E-state index is 0.549. The normalized spacial score (nSPS) is 15.2. The van der Waals surface area contributed by atoms with Crippen LogP contribution >= 0.6 is 11.3 Å². The van der Waals surface area contributed by atoms with Gasteiger partial charge in [-0.05, 0) is 31.8 Å². The number of nitriles is 1. The molecule has 2 N–H and O–H groups in total. The van der Waals surface area contributed by atoms with Crippen molar-refractivity contribution in [2.24, 2.45) is 5.92 Å². The Bertz CT molecular complexity index is 661. The second kappa shape index (κ2) is 7.15. The summed E-state index contributed by atoms with van der Waals surface area (Å²) in [5.41, 5.74) is 0. The minimum absolute atomic E-state index is 0.549. The molecule has 0 spiro atoms. The summed E-state index contributed by atoms with van der Waals surface area (Å²) < 4.78 is 5.76. The lowest BCUT2D eigenvalue weighted by Gasteiger charge is -2.22. The maximum atomic E-state index is 8.80. The van der Waals surface area contributed by atoms with Crippen LogP contribution in [-0.4, -0.2) is 34.6 Å². The number of thiazole rings is 1. The van der Waals surface area contributed by atoms with Crippen LogP contribution < -0.4 is 15.4 Å². The number of rotatable bonds is 5. The summed E-state index contributed by atoms with van der Waals surface area (Å²) in [6.07, 6.45) is 5.25. The molecule has 7 nitrogen and oxygen atoms in total. The minimum Gasteiger partial charge on any atom is -0.477 e. The number of hydrogen-bond acceptors (Lipinski definition) is 8. The molecule has 22 heavy (non-hydrogen) atoms. The first-order valence-electron chi connectivity index (χ1n) is 7.12. The van der Waals surface area contributed by atoms with Gasteiger partial charge in [-0.3, -0.25) is 0 Å². The van der Waals surface area contributed by atoms with Crippen LogP contribution in [0.4, 0.5) is 10.9 Å². The largest absolute Gasteiger partial charge is 0.477 e. The van der Waals surface area contributed by atoms with E-state index in [9.17, 15) is 0 Å². The summed E-state index contributed by atoms with van der Waals surface area (Å²) in [5, 5.41) is 15.8. The quantitative estimate of drug-likeness (QED) is 0.870. The second-order valence-corrected chi connectivity index (χ2v) is 6.04. The maximum Gasteiger partial charge on any atom is 0.218 e. The van der Waals surface area contributed by atoms with Gasteiger partial charge in [0.1, 0.15) is 23.1 Å². The van der Waals surface area contributed by atoms with E-state index in [-0.39, 0.29) is 0 Å². The van der Waals surface area contributed by atoms with Crippen molar-refractivity contribution in [1.82, 2.24) is 20.3 Å². The van der Waals surface area contributed by atoms with E-state index >= 15 is 0 Å². The predicted octanol–water partition coefficient (Wildman–Crippen LogP) is 1.93. The Balaban J connectivity index is 1.58. The summed E-state index contributed by atoms with van der Waals surface area (Å²) in [4.78, 5) is 12.9. The van der Waals surface area contributed by atoms with Gasteiger partial charge in [0.2, 0.25) is 5.88 Å². The number of ether oxygens (including phenoxy) is 1. The predicted molar refractivity (Wildman–Crippen MR) is 83.2 cm³/mol. The summed E-state index contributed by atoms with van der Waals surface area (Å²) in [5.74, 6) is 1.73. The zero-order chi connectivity index (χ0) is 15.2. The highest BCUT2D eigenvalue weighted by Crippen LogP contribution is 2.22. The molecule has 0 atom stereocenters. The number of nitrogens with one attached hydrogen (secondary N) is 2. The molecular formula is C14H16N6OS. The molecule has 1 aliphatic rings. The first-order chi connectivity index (χ1) is 10.8. The molecule has 114 valence electrons. The van der Waals surface area contributed by atoms with Crippen LogP contribution in [0.15, 0.2) is 18.6 Å². The van der Waals surface area contributed by atoms with Crippen LogP contribution in [0.25, 0.3) is 0 Å². The molecule has 3 rings (SSSR count). The van der Waals surface area contributed by atoms with Crippen LogP contribution in [0.2, 0.25) is 0 Å². The summed E-state index contributed by atoms with van der Waals surface area (Å²) >= 11 is 1.28. The van der Waals surface area contributed by atoms with E-state index in [1.54, 1.807) is 6.07 Å². The van der Waals surface area contributed by atoms with Crippen LogP contribution in [-0.2, 0) is 0 Å². The van der Waals surface area contributed by atoms with Crippen molar-refractivity contribution in [3.05, 3.63) is 23.5 Å². The van der Waals surface area contributed by atoms with Gasteiger partial charge in [0.05, 0.1) is 12.8 Å². The third kappa shape index (κ3) is 3.90. The van der Waals surface area contributed by atoms with Crippen molar-refractivity contribution in [1.29, 1.82) is 5.26 Å². The van der Waals surface area contributed by atoms with Crippen LogP contribution in [0, 0.1) is 17.2 Å². The molecule has 0 bridgehead atoms. The lowest BCUT2D eigenvalue weighted by Crippen LogP contribution is -2.30. The first-order valence-corrected chi connectivity index (χ1v) is 7.93. The molecule has 3 heterocycles. The number of hydrogen-bond donors (Lipinski definition) is 2. The van der Waals surface area contributed by atoms with Gasteiger partial charge in [0.25, 0.3) is 0 Å². The van der Waals surface area contributed by atoms with Crippen molar-refractivity contribution < 1.29 is 4.74 Å². The van der Waals surface area contributed by atoms with E-state index in [4.69, 9.17) is 10.00 Å². The van der Waals surface area contributed by atoms with Crippen molar-refractivity contribution in [3.63, 3.8) is 0 Å². The number of piperidine rings is 1. The Morgan fingerprint density at radius 3 is 3.00 bits per heavy atom. The fraction of sp³-hybridized carbons (Fsp3) is 0.429. The molecule has 0 aliphatic carbocycles. The number of nitrogens with zero attached hydrogens (tertiary/aromatic N) is 4. The molecule has 0 amide bonds.